The number of carbonyl (C=O) groups excluding carboxylic acids is 1. The average molecular weight is 222 g/mol. The van der Waals surface area contributed by atoms with Crippen molar-refractivity contribution in [2.24, 2.45) is 0 Å². The van der Waals surface area contributed by atoms with E-state index in [1.54, 1.807) is 0 Å². The molecule has 0 heterocycles. The number of aryl methyl sites for hydroxylation is 1. The predicted octanol–water partition coefficient (Wildman–Crippen LogP) is 3.87. The highest BCUT2D eigenvalue weighted by Gasteiger charge is 2.00. The lowest BCUT2D eigenvalue weighted by Crippen LogP contribution is -1.83. The van der Waals surface area contributed by atoms with E-state index in [0.29, 0.717) is 0 Å². The van der Waals surface area contributed by atoms with Crippen LogP contribution in [0.5, 0.6) is 0 Å². The molecule has 0 atom stereocenters. The van der Waals surface area contributed by atoms with Gasteiger partial charge in [0.2, 0.25) is 0 Å². The van der Waals surface area contributed by atoms with Gasteiger partial charge in [-0.05, 0) is 41.3 Å². The molecule has 0 aliphatic rings. The van der Waals surface area contributed by atoms with Gasteiger partial charge in [-0.2, -0.15) is 0 Å². The fourth-order valence-electron chi connectivity index (χ4n) is 1.86. The fourth-order valence-corrected chi connectivity index (χ4v) is 1.86. The molecule has 0 unspecified atom stereocenters. The molecule has 1 nitrogen and oxygen atoms in total. The first-order chi connectivity index (χ1) is 8.31. The maximum absolute atomic E-state index is 10.3. The first kappa shape index (κ1) is 11.3. The Morgan fingerprint density at radius 1 is 1.00 bits per heavy atom. The van der Waals surface area contributed by atoms with Crippen molar-refractivity contribution in [2.75, 3.05) is 0 Å². The SMILES string of the molecule is Cc1ccccc1-c1cccc(/C=C/C=O)c1. The van der Waals surface area contributed by atoms with E-state index in [9.17, 15) is 4.79 Å². The lowest BCUT2D eigenvalue weighted by Gasteiger charge is -2.06. The van der Waals surface area contributed by atoms with Crippen molar-refractivity contribution in [3.05, 3.63) is 65.7 Å². The van der Waals surface area contributed by atoms with Crippen LogP contribution in [0.1, 0.15) is 11.1 Å². The van der Waals surface area contributed by atoms with Crippen molar-refractivity contribution >= 4 is 12.4 Å². The fraction of sp³-hybridized carbons (Fsp3) is 0.0625. The molecule has 0 saturated carbocycles. The van der Waals surface area contributed by atoms with Gasteiger partial charge in [0, 0.05) is 0 Å². The molecule has 17 heavy (non-hydrogen) atoms. The second-order valence-corrected chi connectivity index (χ2v) is 3.94. The van der Waals surface area contributed by atoms with Crippen LogP contribution in [0, 0.1) is 6.92 Å². The smallest absolute Gasteiger partial charge is 0.142 e. The van der Waals surface area contributed by atoms with E-state index in [4.69, 9.17) is 0 Å². The summed E-state index contributed by atoms with van der Waals surface area (Å²) in [5, 5.41) is 0. The third-order valence-electron chi connectivity index (χ3n) is 2.71. The van der Waals surface area contributed by atoms with Crippen molar-refractivity contribution in [2.45, 2.75) is 6.92 Å². The summed E-state index contributed by atoms with van der Waals surface area (Å²) in [5.74, 6) is 0. The maximum atomic E-state index is 10.3. The molecule has 2 aromatic rings. The summed E-state index contributed by atoms with van der Waals surface area (Å²) in [4.78, 5) is 10.3. The third kappa shape index (κ3) is 2.70. The van der Waals surface area contributed by atoms with Gasteiger partial charge in [0.25, 0.3) is 0 Å². The first-order valence-corrected chi connectivity index (χ1v) is 5.59. The van der Waals surface area contributed by atoms with Crippen LogP contribution in [-0.2, 0) is 4.79 Å². The Morgan fingerprint density at radius 2 is 1.82 bits per heavy atom. The monoisotopic (exact) mass is 222 g/mol. The Bertz CT molecular complexity index is 553. The van der Waals surface area contributed by atoms with Crippen molar-refractivity contribution in [1.29, 1.82) is 0 Å². The summed E-state index contributed by atoms with van der Waals surface area (Å²) < 4.78 is 0. The second-order valence-electron chi connectivity index (χ2n) is 3.94. The zero-order valence-electron chi connectivity index (χ0n) is 9.76. The Hall–Kier alpha value is -2.15. The molecule has 1 heteroatoms. The van der Waals surface area contributed by atoms with Crippen LogP contribution >= 0.6 is 0 Å². The van der Waals surface area contributed by atoms with Gasteiger partial charge in [-0.1, -0.05) is 48.5 Å². The number of benzene rings is 2. The molecule has 2 aromatic carbocycles. The first-order valence-electron chi connectivity index (χ1n) is 5.59. The number of aldehydes is 1. The largest absolute Gasteiger partial charge is 0.299 e. The van der Waals surface area contributed by atoms with Crippen LogP contribution < -0.4 is 0 Å². The number of hydrogen-bond acceptors (Lipinski definition) is 1. The van der Waals surface area contributed by atoms with E-state index in [-0.39, 0.29) is 0 Å². The lowest BCUT2D eigenvalue weighted by atomic mass is 9.99. The van der Waals surface area contributed by atoms with Gasteiger partial charge in [0.05, 0.1) is 0 Å². The van der Waals surface area contributed by atoms with Crippen LogP contribution in [0.3, 0.4) is 0 Å². The number of allylic oxidation sites excluding steroid dienone is 1. The van der Waals surface area contributed by atoms with Gasteiger partial charge in [-0.3, -0.25) is 4.79 Å². The Morgan fingerprint density at radius 3 is 2.59 bits per heavy atom. The minimum absolute atomic E-state index is 0.792. The number of hydrogen-bond donors (Lipinski definition) is 0. The zero-order chi connectivity index (χ0) is 12.1. The highest BCUT2D eigenvalue weighted by molar-refractivity contribution is 5.76. The number of carbonyl (C=O) groups is 1. The molecular weight excluding hydrogens is 208 g/mol. The van der Waals surface area contributed by atoms with Crippen LogP contribution in [0.2, 0.25) is 0 Å². The molecule has 84 valence electrons. The highest BCUT2D eigenvalue weighted by atomic mass is 16.1. The standard InChI is InChI=1S/C16H14O/c1-13-6-2-3-10-16(13)15-9-4-7-14(12-15)8-5-11-17/h2-12H,1H3/b8-5+. The number of rotatable bonds is 3. The summed E-state index contributed by atoms with van der Waals surface area (Å²) in [5.41, 5.74) is 4.70. The van der Waals surface area contributed by atoms with Crippen LogP contribution in [-0.4, -0.2) is 6.29 Å². The van der Waals surface area contributed by atoms with E-state index in [0.717, 1.165) is 11.8 Å². The van der Waals surface area contributed by atoms with Gasteiger partial charge < -0.3 is 0 Å². The van der Waals surface area contributed by atoms with Gasteiger partial charge in [-0.25, -0.2) is 0 Å². The second kappa shape index (κ2) is 5.26. The van der Waals surface area contributed by atoms with Crippen molar-refractivity contribution in [3.63, 3.8) is 0 Å². The topological polar surface area (TPSA) is 17.1 Å². The molecule has 0 fully saturated rings. The quantitative estimate of drug-likeness (QED) is 0.569. The summed E-state index contributed by atoms with van der Waals surface area (Å²) >= 11 is 0. The summed E-state index contributed by atoms with van der Waals surface area (Å²) in [7, 11) is 0. The van der Waals surface area contributed by atoms with Gasteiger partial charge in [-0.15, -0.1) is 0 Å². The lowest BCUT2D eigenvalue weighted by molar-refractivity contribution is -0.104. The third-order valence-corrected chi connectivity index (χ3v) is 2.71. The summed E-state index contributed by atoms with van der Waals surface area (Å²) in [6.07, 6.45) is 4.12. The predicted molar refractivity (Wildman–Crippen MR) is 71.7 cm³/mol. The van der Waals surface area contributed by atoms with Crippen LogP contribution in [0.15, 0.2) is 54.6 Å². The van der Waals surface area contributed by atoms with E-state index in [1.165, 1.54) is 22.8 Å². The highest BCUT2D eigenvalue weighted by Crippen LogP contribution is 2.24. The molecule has 0 aliphatic carbocycles. The average Bonchev–Trinajstić information content (AvgIpc) is 2.37. The Kier molecular flexibility index (Phi) is 3.51. The summed E-state index contributed by atoms with van der Waals surface area (Å²) in [6, 6.07) is 16.4. The van der Waals surface area contributed by atoms with Crippen molar-refractivity contribution in [1.82, 2.24) is 0 Å². The summed E-state index contributed by atoms with van der Waals surface area (Å²) in [6.45, 7) is 2.10. The molecule has 2 rings (SSSR count). The minimum Gasteiger partial charge on any atom is -0.299 e. The molecular formula is C16H14O. The minimum atomic E-state index is 0.792. The van der Waals surface area contributed by atoms with Crippen LogP contribution in [0.4, 0.5) is 0 Å². The maximum Gasteiger partial charge on any atom is 0.142 e. The molecule has 0 bridgehead atoms. The van der Waals surface area contributed by atoms with E-state index in [1.807, 2.05) is 30.3 Å². The molecule has 0 N–H and O–H groups in total. The normalized spacial score (nSPS) is 10.6. The molecule has 0 aliphatic heterocycles. The van der Waals surface area contributed by atoms with Gasteiger partial charge in [0.1, 0.15) is 6.29 Å². The van der Waals surface area contributed by atoms with E-state index in [2.05, 4.69) is 31.2 Å². The van der Waals surface area contributed by atoms with E-state index < -0.39 is 0 Å². The van der Waals surface area contributed by atoms with Crippen molar-refractivity contribution < 1.29 is 4.79 Å². The molecule has 0 amide bonds. The van der Waals surface area contributed by atoms with Gasteiger partial charge >= 0.3 is 0 Å². The molecule has 0 saturated heterocycles. The van der Waals surface area contributed by atoms with E-state index >= 15 is 0 Å². The van der Waals surface area contributed by atoms with Gasteiger partial charge in [0.15, 0.2) is 0 Å². The Balaban J connectivity index is 2.43. The zero-order valence-corrected chi connectivity index (χ0v) is 9.76. The molecule has 0 spiro atoms. The molecule has 0 radical (unpaired) electrons. The Labute approximate surface area is 101 Å². The van der Waals surface area contributed by atoms with Crippen molar-refractivity contribution in [3.8, 4) is 11.1 Å². The molecule has 0 aromatic heterocycles. The van der Waals surface area contributed by atoms with Crippen LogP contribution in [0.25, 0.3) is 17.2 Å².